The molecule has 0 atom stereocenters. The number of hydrogen-bond donors (Lipinski definition) is 0. The van der Waals surface area contributed by atoms with Crippen LogP contribution in [-0.4, -0.2) is 71.2 Å². The van der Waals surface area contributed by atoms with Gasteiger partial charge < -0.3 is 13.6 Å². The van der Waals surface area contributed by atoms with Crippen molar-refractivity contribution in [3.05, 3.63) is 176 Å². The summed E-state index contributed by atoms with van der Waals surface area (Å²) in [5, 5.41) is 7.05. The van der Waals surface area contributed by atoms with E-state index in [0.717, 1.165) is 77.6 Å². The number of furan rings is 1. The van der Waals surface area contributed by atoms with Crippen molar-refractivity contribution in [2.75, 3.05) is 0 Å². The second-order valence-electron chi connectivity index (χ2n) is 18.7. The molecule has 0 unspecified atom stereocenters. The largest absolute Gasteiger partial charge is 0.455 e. The molecule has 0 aliphatic heterocycles. The van der Waals surface area contributed by atoms with Crippen LogP contribution in [0, 0.1) is 0 Å². The molecule has 6 nitrogen and oxygen atoms in total. The van der Waals surface area contributed by atoms with Crippen molar-refractivity contribution in [3.8, 4) is 56.7 Å². The standard InChI is InChI=1S/C57H41B6N5O/c58-41-28-43(60)52-48(50(41)62)49-51(63)42(59)29-44(61)53(49)68(52)35-26-38(30-12-4-1-5-13-30)54-40(27-35)37-22-20-33(25-47(37)69-54)57-65-55(31-14-6-2-7-15-31)64-56(66-57)32-21-23-46-39(24-32)36-18-10-11-19-45(36)67(46)34-16-8-3-9-17-34/h1-29H,58-63H2. The Labute approximate surface area is 404 Å². The fourth-order valence-corrected chi connectivity index (χ4v) is 11.0. The minimum atomic E-state index is 0.574. The molecule has 13 rings (SSSR count). The Balaban J connectivity index is 1.02. The van der Waals surface area contributed by atoms with Crippen molar-refractivity contribution < 1.29 is 4.42 Å². The second-order valence-corrected chi connectivity index (χ2v) is 18.7. The molecule has 0 aliphatic carbocycles. The Morgan fingerprint density at radius 3 is 1.55 bits per heavy atom. The van der Waals surface area contributed by atoms with Crippen molar-refractivity contribution in [2.24, 2.45) is 0 Å². The Kier molecular flexibility index (Phi) is 9.32. The molecule has 0 radical (unpaired) electrons. The van der Waals surface area contributed by atoms with Gasteiger partial charge >= 0.3 is 0 Å². The Morgan fingerprint density at radius 2 is 0.899 bits per heavy atom. The molecule has 0 saturated heterocycles. The molecule has 13 aromatic rings. The summed E-state index contributed by atoms with van der Waals surface area (Å²) in [5.41, 5.74) is 21.2. The Morgan fingerprint density at radius 1 is 0.362 bits per heavy atom. The lowest BCUT2D eigenvalue weighted by Crippen LogP contribution is -2.33. The van der Waals surface area contributed by atoms with Gasteiger partial charge in [0.05, 0.1) is 11.0 Å². The quantitative estimate of drug-likeness (QED) is 0.236. The third-order valence-corrected chi connectivity index (χ3v) is 14.5. The topological polar surface area (TPSA) is 61.7 Å². The minimum absolute atomic E-state index is 0.574. The lowest BCUT2D eigenvalue weighted by molar-refractivity contribution is 0.670. The van der Waals surface area contributed by atoms with Crippen LogP contribution in [0.1, 0.15) is 0 Å². The number of para-hydroxylation sites is 2. The maximum atomic E-state index is 7.04. The molecule has 0 N–H and O–H groups in total. The molecule has 4 aromatic heterocycles. The molecule has 9 aromatic carbocycles. The molecule has 4 heterocycles. The first-order valence-corrected chi connectivity index (χ1v) is 23.7. The minimum Gasteiger partial charge on any atom is -0.455 e. The molecule has 0 bridgehead atoms. The normalized spacial score (nSPS) is 11.8. The first-order valence-electron chi connectivity index (χ1n) is 23.7. The fraction of sp³-hybridized carbons (Fsp3) is 0. The maximum absolute atomic E-state index is 7.04. The van der Waals surface area contributed by atoms with Gasteiger partial charge in [0.1, 0.15) is 58.2 Å². The molecule has 0 amide bonds. The van der Waals surface area contributed by atoms with E-state index in [1.807, 2.05) is 18.2 Å². The summed E-state index contributed by atoms with van der Waals surface area (Å²) in [6.07, 6.45) is 0. The van der Waals surface area contributed by atoms with Crippen LogP contribution in [0.25, 0.3) is 122 Å². The summed E-state index contributed by atoms with van der Waals surface area (Å²) in [7, 11) is 13.5. The zero-order chi connectivity index (χ0) is 46.7. The van der Waals surface area contributed by atoms with Gasteiger partial charge in [-0.2, -0.15) is 0 Å². The zero-order valence-electron chi connectivity index (χ0n) is 39.4. The van der Waals surface area contributed by atoms with Gasteiger partial charge in [-0.25, -0.2) is 15.0 Å². The van der Waals surface area contributed by atoms with Crippen LogP contribution in [-0.2, 0) is 0 Å². The van der Waals surface area contributed by atoms with E-state index in [0.29, 0.717) is 17.5 Å². The van der Waals surface area contributed by atoms with Crippen LogP contribution >= 0.6 is 0 Å². The van der Waals surface area contributed by atoms with E-state index in [9.17, 15) is 0 Å². The van der Waals surface area contributed by atoms with Crippen molar-refractivity contribution in [1.29, 1.82) is 0 Å². The lowest BCUT2D eigenvalue weighted by Gasteiger charge is -2.15. The highest BCUT2D eigenvalue weighted by molar-refractivity contribution is 6.62. The van der Waals surface area contributed by atoms with Crippen molar-refractivity contribution in [3.63, 3.8) is 0 Å². The first kappa shape index (κ1) is 41.0. The summed E-state index contributed by atoms with van der Waals surface area (Å²) in [4.78, 5) is 15.6. The molecule has 0 spiro atoms. The molecular weight excluding hydrogens is 836 g/mol. The molecular formula is C57H41B6N5O. The van der Waals surface area contributed by atoms with Crippen molar-refractivity contribution in [2.45, 2.75) is 0 Å². The number of benzene rings is 9. The van der Waals surface area contributed by atoms with Gasteiger partial charge in [-0.1, -0.05) is 148 Å². The predicted molar refractivity (Wildman–Crippen MR) is 307 cm³/mol. The van der Waals surface area contributed by atoms with Crippen LogP contribution < -0.4 is 32.8 Å². The fourth-order valence-electron chi connectivity index (χ4n) is 11.0. The number of nitrogens with zero attached hydrogens (tertiary/aromatic N) is 5. The van der Waals surface area contributed by atoms with E-state index < -0.39 is 0 Å². The summed E-state index contributed by atoms with van der Waals surface area (Å²) in [6.45, 7) is 0. The van der Waals surface area contributed by atoms with Gasteiger partial charge in [0.15, 0.2) is 17.5 Å². The molecule has 69 heavy (non-hydrogen) atoms. The average molecular weight is 877 g/mol. The molecule has 0 saturated carbocycles. The van der Waals surface area contributed by atoms with Crippen LogP contribution in [0.5, 0.6) is 0 Å². The highest BCUT2D eigenvalue weighted by Gasteiger charge is 2.24. The first-order chi connectivity index (χ1) is 33.7. The van der Waals surface area contributed by atoms with E-state index >= 15 is 0 Å². The molecule has 12 heteroatoms. The smallest absolute Gasteiger partial charge is 0.164 e. The number of aromatic nitrogens is 5. The van der Waals surface area contributed by atoms with Crippen molar-refractivity contribution >= 4 is 145 Å². The number of rotatable bonds is 6. The van der Waals surface area contributed by atoms with Crippen LogP contribution in [0.3, 0.4) is 0 Å². The van der Waals surface area contributed by atoms with Gasteiger partial charge in [0.2, 0.25) is 0 Å². The highest BCUT2D eigenvalue weighted by Crippen LogP contribution is 2.41. The third kappa shape index (κ3) is 6.39. The molecule has 0 aliphatic rings. The van der Waals surface area contributed by atoms with Crippen LogP contribution in [0.15, 0.2) is 180 Å². The van der Waals surface area contributed by atoms with E-state index in [1.54, 1.807) is 0 Å². The summed E-state index contributed by atoms with van der Waals surface area (Å²) in [5.74, 6) is 1.78. The third-order valence-electron chi connectivity index (χ3n) is 14.5. The monoisotopic (exact) mass is 877 g/mol. The van der Waals surface area contributed by atoms with E-state index in [2.05, 4.69) is 214 Å². The Hall–Kier alpha value is -8.22. The summed E-state index contributed by atoms with van der Waals surface area (Å²) in [6, 6.07) is 62.2. The van der Waals surface area contributed by atoms with Crippen molar-refractivity contribution in [1.82, 2.24) is 24.1 Å². The molecule has 318 valence electrons. The maximum Gasteiger partial charge on any atom is 0.164 e. The predicted octanol–water partition coefficient (Wildman–Crippen LogP) is 4.18. The van der Waals surface area contributed by atoms with Gasteiger partial charge in [0, 0.05) is 66.2 Å². The summed E-state index contributed by atoms with van der Waals surface area (Å²) >= 11 is 0. The zero-order valence-corrected chi connectivity index (χ0v) is 39.4. The van der Waals surface area contributed by atoms with E-state index in [1.165, 1.54) is 60.0 Å². The summed E-state index contributed by atoms with van der Waals surface area (Å²) < 4.78 is 11.9. The van der Waals surface area contributed by atoms with Gasteiger partial charge in [-0.15, -0.1) is 0 Å². The Bertz CT molecular complexity index is 4190. The highest BCUT2D eigenvalue weighted by atomic mass is 16.3. The van der Waals surface area contributed by atoms with Crippen LogP contribution in [0.2, 0.25) is 0 Å². The average Bonchev–Trinajstić information content (AvgIpc) is 4.06. The number of hydrogen-bond acceptors (Lipinski definition) is 4. The molecule has 0 fully saturated rings. The second kappa shape index (κ2) is 15.7. The number of fused-ring (bicyclic) bond motifs is 9. The van der Waals surface area contributed by atoms with Crippen LogP contribution in [0.4, 0.5) is 0 Å². The van der Waals surface area contributed by atoms with Gasteiger partial charge in [0.25, 0.3) is 0 Å². The SMILES string of the molecule is Bc1cc(B)c2c(c1B)c1c(B)c(B)cc(B)c1n2-c1cc(-c2ccccc2)c2oc3cc(-c4nc(-c5ccccc5)nc(-c5ccc6c(c5)c5ccccc5n6-c5ccccc5)n4)ccc3c2c1. The van der Waals surface area contributed by atoms with E-state index in [-0.39, 0.29) is 0 Å². The van der Waals surface area contributed by atoms with E-state index in [4.69, 9.17) is 19.4 Å². The van der Waals surface area contributed by atoms with Gasteiger partial charge in [-0.05, 0) is 77.0 Å². The lowest BCUT2D eigenvalue weighted by atomic mass is 9.71. The van der Waals surface area contributed by atoms with Gasteiger partial charge in [-0.3, -0.25) is 0 Å².